The molecule has 0 saturated heterocycles. The van der Waals surface area contributed by atoms with Crippen molar-refractivity contribution in [3.05, 3.63) is 69.2 Å². The molecule has 122 valence electrons. The van der Waals surface area contributed by atoms with Crippen LogP contribution in [0.15, 0.2) is 57.8 Å². The van der Waals surface area contributed by atoms with Gasteiger partial charge in [-0.1, -0.05) is 28.1 Å². The fourth-order valence-corrected chi connectivity index (χ4v) is 2.68. The van der Waals surface area contributed by atoms with Gasteiger partial charge in [0.1, 0.15) is 12.4 Å². The third kappa shape index (κ3) is 3.46. The second-order valence-electron chi connectivity index (χ2n) is 5.26. The van der Waals surface area contributed by atoms with Crippen molar-refractivity contribution in [1.29, 1.82) is 0 Å². The van der Waals surface area contributed by atoms with Crippen LogP contribution in [0.25, 0.3) is 10.9 Å². The quantitative estimate of drug-likeness (QED) is 0.703. The molecule has 2 aromatic carbocycles. The lowest BCUT2D eigenvalue weighted by atomic mass is 10.2. The number of carbonyl (C=O) groups is 1. The van der Waals surface area contributed by atoms with E-state index in [-0.39, 0.29) is 12.1 Å². The van der Waals surface area contributed by atoms with Gasteiger partial charge in [-0.05, 0) is 36.4 Å². The molecule has 0 atom stereocenters. The largest absolute Gasteiger partial charge is 0.378 e. The van der Waals surface area contributed by atoms with E-state index in [0.717, 1.165) is 10.2 Å². The Balaban J connectivity index is 1.99. The van der Waals surface area contributed by atoms with E-state index >= 15 is 0 Å². The van der Waals surface area contributed by atoms with Crippen LogP contribution in [0.1, 0.15) is 5.82 Å². The maximum atomic E-state index is 12.6. The van der Waals surface area contributed by atoms with Gasteiger partial charge in [0.15, 0.2) is 0 Å². The molecule has 0 bridgehead atoms. The molecule has 0 saturated carbocycles. The Morgan fingerprint density at radius 1 is 1.17 bits per heavy atom. The van der Waals surface area contributed by atoms with Gasteiger partial charge in [0.2, 0.25) is 5.91 Å². The number of nitrogens with one attached hydrogen (secondary N) is 1. The highest BCUT2D eigenvalue weighted by Crippen LogP contribution is 2.15. The zero-order chi connectivity index (χ0) is 17.1. The van der Waals surface area contributed by atoms with Gasteiger partial charge in [-0.2, -0.15) is 0 Å². The number of anilines is 1. The van der Waals surface area contributed by atoms with Crippen LogP contribution in [-0.4, -0.2) is 15.5 Å². The van der Waals surface area contributed by atoms with E-state index in [1.807, 2.05) is 30.3 Å². The number of aromatic nitrogens is 2. The Labute approximate surface area is 146 Å². The molecule has 0 radical (unpaired) electrons. The molecule has 1 heterocycles. The van der Waals surface area contributed by atoms with E-state index in [1.54, 1.807) is 18.2 Å². The SMILES string of the molecule is NC(=O)Cn1c(CNc2ccc(Br)cc2)nc2ccccc2c1=O. The van der Waals surface area contributed by atoms with Crippen molar-refractivity contribution in [1.82, 2.24) is 9.55 Å². The Hall–Kier alpha value is -2.67. The number of carbonyl (C=O) groups excluding carboxylic acids is 1. The zero-order valence-corrected chi connectivity index (χ0v) is 14.3. The topological polar surface area (TPSA) is 90.0 Å². The number of benzene rings is 2. The second kappa shape index (κ2) is 6.84. The summed E-state index contributed by atoms with van der Waals surface area (Å²) in [5, 5.41) is 3.66. The zero-order valence-electron chi connectivity index (χ0n) is 12.7. The van der Waals surface area contributed by atoms with Crippen LogP contribution < -0.4 is 16.6 Å². The third-order valence-electron chi connectivity index (χ3n) is 3.55. The van der Waals surface area contributed by atoms with Crippen molar-refractivity contribution in [3.63, 3.8) is 0 Å². The van der Waals surface area contributed by atoms with E-state index in [1.165, 1.54) is 4.57 Å². The number of nitrogens with two attached hydrogens (primary N) is 1. The van der Waals surface area contributed by atoms with E-state index in [4.69, 9.17) is 5.73 Å². The summed E-state index contributed by atoms with van der Waals surface area (Å²) in [5.41, 5.74) is 6.48. The predicted octanol–water partition coefficient (Wildman–Crippen LogP) is 2.26. The number of rotatable bonds is 5. The molecular formula is C17H15BrN4O2. The van der Waals surface area contributed by atoms with E-state index < -0.39 is 5.91 Å². The molecule has 3 rings (SSSR count). The van der Waals surface area contributed by atoms with Gasteiger partial charge in [-0.15, -0.1) is 0 Å². The summed E-state index contributed by atoms with van der Waals surface area (Å²) in [7, 11) is 0. The summed E-state index contributed by atoms with van der Waals surface area (Å²) in [6.07, 6.45) is 0. The van der Waals surface area contributed by atoms with Gasteiger partial charge in [0.05, 0.1) is 17.4 Å². The molecule has 0 unspecified atom stereocenters. The van der Waals surface area contributed by atoms with Crippen molar-refractivity contribution < 1.29 is 4.79 Å². The molecule has 3 N–H and O–H groups in total. The number of hydrogen-bond donors (Lipinski definition) is 2. The Morgan fingerprint density at radius 2 is 1.88 bits per heavy atom. The summed E-state index contributed by atoms with van der Waals surface area (Å²) >= 11 is 3.38. The van der Waals surface area contributed by atoms with Crippen molar-refractivity contribution in [2.24, 2.45) is 5.73 Å². The van der Waals surface area contributed by atoms with Crippen LogP contribution in [-0.2, 0) is 17.9 Å². The fourth-order valence-electron chi connectivity index (χ4n) is 2.42. The Morgan fingerprint density at radius 3 is 2.58 bits per heavy atom. The van der Waals surface area contributed by atoms with E-state index in [0.29, 0.717) is 23.3 Å². The maximum absolute atomic E-state index is 12.6. The average Bonchev–Trinajstić information content (AvgIpc) is 2.57. The number of primary amides is 1. The molecule has 3 aromatic rings. The van der Waals surface area contributed by atoms with Crippen LogP contribution in [0.2, 0.25) is 0 Å². The van der Waals surface area contributed by atoms with Crippen LogP contribution >= 0.6 is 15.9 Å². The Kier molecular flexibility index (Phi) is 4.61. The monoisotopic (exact) mass is 386 g/mol. The minimum absolute atomic E-state index is 0.200. The number of hydrogen-bond acceptors (Lipinski definition) is 4. The predicted molar refractivity (Wildman–Crippen MR) is 96.7 cm³/mol. The van der Waals surface area contributed by atoms with Crippen LogP contribution in [0.3, 0.4) is 0 Å². The van der Waals surface area contributed by atoms with E-state index in [9.17, 15) is 9.59 Å². The lowest BCUT2D eigenvalue weighted by Crippen LogP contribution is -2.32. The summed E-state index contributed by atoms with van der Waals surface area (Å²) in [5.74, 6) is -0.125. The van der Waals surface area contributed by atoms with Gasteiger partial charge in [0, 0.05) is 10.2 Å². The van der Waals surface area contributed by atoms with Gasteiger partial charge < -0.3 is 11.1 Å². The average molecular weight is 387 g/mol. The first kappa shape index (κ1) is 16.2. The molecule has 0 fully saturated rings. The molecular weight excluding hydrogens is 372 g/mol. The highest BCUT2D eigenvalue weighted by atomic mass is 79.9. The second-order valence-corrected chi connectivity index (χ2v) is 6.18. The third-order valence-corrected chi connectivity index (χ3v) is 4.08. The molecule has 1 amide bonds. The van der Waals surface area contributed by atoms with Crippen molar-refractivity contribution in [2.45, 2.75) is 13.1 Å². The van der Waals surface area contributed by atoms with E-state index in [2.05, 4.69) is 26.2 Å². The van der Waals surface area contributed by atoms with Crippen LogP contribution in [0, 0.1) is 0 Å². The number of fused-ring (bicyclic) bond motifs is 1. The van der Waals surface area contributed by atoms with Gasteiger partial charge in [-0.3, -0.25) is 14.2 Å². The van der Waals surface area contributed by atoms with Crippen LogP contribution in [0.5, 0.6) is 0 Å². The summed E-state index contributed by atoms with van der Waals surface area (Å²) in [6, 6.07) is 14.7. The number of halogens is 1. The fraction of sp³-hybridized carbons (Fsp3) is 0.118. The summed E-state index contributed by atoms with van der Waals surface area (Å²) < 4.78 is 2.29. The first-order valence-corrected chi connectivity index (χ1v) is 8.10. The lowest BCUT2D eigenvalue weighted by Gasteiger charge is -2.13. The molecule has 0 spiro atoms. The standard InChI is InChI=1S/C17H15BrN4O2/c18-11-5-7-12(8-6-11)20-9-16-21-14-4-2-1-3-13(14)17(24)22(16)10-15(19)23/h1-8,20H,9-10H2,(H2,19,23). The molecule has 0 aliphatic rings. The minimum Gasteiger partial charge on any atom is -0.378 e. The number of amides is 1. The molecule has 7 heteroatoms. The maximum Gasteiger partial charge on any atom is 0.261 e. The molecule has 1 aromatic heterocycles. The highest BCUT2D eigenvalue weighted by molar-refractivity contribution is 9.10. The normalized spacial score (nSPS) is 10.7. The summed E-state index contributed by atoms with van der Waals surface area (Å²) in [6.45, 7) is 0.100. The Bertz CT molecular complexity index is 951. The highest BCUT2D eigenvalue weighted by Gasteiger charge is 2.12. The smallest absolute Gasteiger partial charge is 0.261 e. The van der Waals surface area contributed by atoms with Gasteiger partial charge >= 0.3 is 0 Å². The number of nitrogens with zero attached hydrogens (tertiary/aromatic N) is 2. The van der Waals surface area contributed by atoms with Gasteiger partial charge in [-0.25, -0.2) is 4.98 Å². The summed E-state index contributed by atoms with van der Waals surface area (Å²) in [4.78, 5) is 28.5. The molecule has 6 nitrogen and oxygen atoms in total. The molecule has 0 aliphatic carbocycles. The van der Waals surface area contributed by atoms with Crippen molar-refractivity contribution >= 4 is 38.4 Å². The minimum atomic E-state index is -0.584. The molecule has 0 aliphatic heterocycles. The lowest BCUT2D eigenvalue weighted by molar-refractivity contribution is -0.118. The first-order valence-electron chi connectivity index (χ1n) is 7.31. The van der Waals surface area contributed by atoms with Crippen LogP contribution in [0.4, 0.5) is 5.69 Å². The van der Waals surface area contributed by atoms with Gasteiger partial charge in [0.25, 0.3) is 5.56 Å². The molecule has 24 heavy (non-hydrogen) atoms. The van der Waals surface area contributed by atoms with Crippen molar-refractivity contribution in [2.75, 3.05) is 5.32 Å². The van der Waals surface area contributed by atoms with Crippen molar-refractivity contribution in [3.8, 4) is 0 Å². The number of para-hydroxylation sites is 1. The first-order chi connectivity index (χ1) is 11.5.